The molecule has 3 amide bonds. The Hall–Kier alpha value is -4.41. The Bertz CT molecular complexity index is 1740. The fraction of sp³-hybridized carbons (Fsp3) is 0.529. The molecule has 3 aromatic rings. The van der Waals surface area contributed by atoms with Crippen LogP contribution in [0, 0.1) is 5.41 Å². The van der Waals surface area contributed by atoms with Crippen molar-refractivity contribution in [1.82, 2.24) is 29.6 Å². The van der Waals surface area contributed by atoms with Gasteiger partial charge in [0.15, 0.2) is 0 Å². The van der Waals surface area contributed by atoms with Crippen molar-refractivity contribution in [2.24, 2.45) is 5.41 Å². The van der Waals surface area contributed by atoms with E-state index in [-0.39, 0.29) is 24.9 Å². The van der Waals surface area contributed by atoms with Gasteiger partial charge in [0.2, 0.25) is 5.91 Å². The largest absolute Gasteiger partial charge is 0.497 e. The van der Waals surface area contributed by atoms with E-state index in [1.54, 1.807) is 37.4 Å². The van der Waals surface area contributed by atoms with Gasteiger partial charge in [0.05, 0.1) is 38.2 Å². The van der Waals surface area contributed by atoms with Crippen LogP contribution in [0.5, 0.6) is 11.5 Å². The van der Waals surface area contributed by atoms with Crippen LogP contribution in [0.3, 0.4) is 0 Å². The molecule has 270 valence electrons. The van der Waals surface area contributed by atoms with Gasteiger partial charge in [-0.3, -0.25) is 24.4 Å². The zero-order valence-electron chi connectivity index (χ0n) is 28.3. The molecule has 3 saturated heterocycles. The number of hydrogen-bond donors (Lipinski definition) is 2. The molecule has 2 aromatic heterocycles. The van der Waals surface area contributed by atoms with Crippen molar-refractivity contribution >= 4 is 29.1 Å². The van der Waals surface area contributed by atoms with Gasteiger partial charge in [-0.2, -0.15) is 18.3 Å². The third-order valence-corrected chi connectivity index (χ3v) is 10.2. The second kappa shape index (κ2) is 14.1. The summed E-state index contributed by atoms with van der Waals surface area (Å²) in [5.41, 5.74) is 4.11. The van der Waals surface area contributed by atoms with Gasteiger partial charge in [0.1, 0.15) is 11.5 Å². The number of carbonyl (C=O) groups is 3. The third-order valence-electron chi connectivity index (χ3n) is 10.2. The van der Waals surface area contributed by atoms with Crippen LogP contribution in [0.4, 0.5) is 23.7 Å². The van der Waals surface area contributed by atoms with E-state index in [4.69, 9.17) is 19.4 Å². The summed E-state index contributed by atoms with van der Waals surface area (Å²) < 4.78 is 44.4. The zero-order valence-corrected chi connectivity index (χ0v) is 28.3. The lowest BCUT2D eigenvalue weighted by atomic mass is 9.61. The smallest absolute Gasteiger partial charge is 0.490 e. The van der Waals surface area contributed by atoms with Gasteiger partial charge in [-0.25, -0.2) is 14.1 Å². The number of hydrogen-bond acceptors (Lipinski definition) is 9. The molecular weight excluding hydrogens is 659 g/mol. The minimum atomic E-state index is -5.08. The van der Waals surface area contributed by atoms with E-state index in [1.165, 1.54) is 36.4 Å². The van der Waals surface area contributed by atoms with Crippen LogP contribution in [0.25, 0.3) is 5.52 Å². The molecule has 1 saturated carbocycles. The van der Waals surface area contributed by atoms with Gasteiger partial charge in [0, 0.05) is 82.1 Å². The van der Waals surface area contributed by atoms with Crippen molar-refractivity contribution in [3.63, 3.8) is 0 Å². The highest BCUT2D eigenvalue weighted by Crippen LogP contribution is 2.47. The third kappa shape index (κ3) is 7.23. The molecule has 13 nitrogen and oxygen atoms in total. The number of aromatic nitrogens is 2. The Labute approximate surface area is 287 Å². The van der Waals surface area contributed by atoms with E-state index in [0.717, 1.165) is 43.3 Å². The summed E-state index contributed by atoms with van der Waals surface area (Å²) in [6.07, 6.45) is 1.53. The first-order chi connectivity index (χ1) is 23.8. The standard InChI is InChI=1S/C32H41N7O4.C2HF3O2/c1-22-17-35(10-11-36(22)25-14-32(15-25)20-33-21-32)18-23-6-9-39-27(12-23)28(16-34-39)37-8-7-30(40)38(31(37)41)19-24-4-5-26(42-2)13-29(24)43-3;3-2(4,5)1(6)7/h4-6,9,12-13,16,22,25,33H,7-8,10-11,14-15,17-21H2,1-3H3;(H,6,7)/t22-;/m0./s1. The summed E-state index contributed by atoms with van der Waals surface area (Å²) in [6, 6.07) is 10.6. The van der Waals surface area contributed by atoms with Crippen LogP contribution in [-0.4, -0.2) is 119 Å². The van der Waals surface area contributed by atoms with Gasteiger partial charge in [-0.05, 0) is 55.0 Å². The van der Waals surface area contributed by atoms with Crippen molar-refractivity contribution in [3.05, 3.63) is 53.9 Å². The van der Waals surface area contributed by atoms with Crippen molar-refractivity contribution in [3.8, 4) is 11.5 Å². The number of benzene rings is 1. The number of carboxylic acid groups (broad SMARTS) is 1. The van der Waals surface area contributed by atoms with E-state index in [0.29, 0.717) is 35.2 Å². The number of aliphatic carboxylic acids is 1. The minimum absolute atomic E-state index is 0.120. The van der Waals surface area contributed by atoms with E-state index in [9.17, 15) is 22.8 Å². The lowest BCUT2D eigenvalue weighted by Crippen LogP contribution is -2.68. The normalized spacial score (nSPS) is 21.4. The molecule has 5 heterocycles. The maximum atomic E-state index is 13.7. The number of nitrogens with zero attached hydrogens (tertiary/aromatic N) is 6. The van der Waals surface area contributed by atoms with E-state index < -0.39 is 12.1 Å². The number of fused-ring (bicyclic) bond motifs is 1. The van der Waals surface area contributed by atoms with E-state index in [2.05, 4.69) is 39.3 Å². The summed E-state index contributed by atoms with van der Waals surface area (Å²) in [5, 5.41) is 15.1. The van der Waals surface area contributed by atoms with Crippen LogP contribution in [0.15, 0.2) is 42.7 Å². The Balaban J connectivity index is 0.000000561. The highest BCUT2D eigenvalue weighted by atomic mass is 19.4. The fourth-order valence-corrected chi connectivity index (χ4v) is 7.47. The number of amides is 3. The van der Waals surface area contributed by atoms with Crippen LogP contribution in [0.2, 0.25) is 0 Å². The van der Waals surface area contributed by atoms with Crippen molar-refractivity contribution in [2.75, 3.05) is 58.4 Å². The SMILES string of the molecule is COc1ccc(CN2C(=O)CCN(c3cnn4ccc(CN5CCN(C6CC7(CNC7)C6)[C@@H](C)C5)cc34)C2=O)c(OC)c1.O=C(O)C(F)(F)F. The number of methoxy groups -OCH3 is 2. The predicted octanol–water partition coefficient (Wildman–Crippen LogP) is 3.60. The lowest BCUT2D eigenvalue weighted by Gasteiger charge is -2.59. The van der Waals surface area contributed by atoms with Gasteiger partial charge in [-0.15, -0.1) is 0 Å². The van der Waals surface area contributed by atoms with Crippen LogP contribution in [0.1, 0.15) is 37.3 Å². The topological polar surface area (TPSA) is 132 Å². The average Bonchev–Trinajstić information content (AvgIpc) is 3.45. The first-order valence-electron chi connectivity index (χ1n) is 16.6. The summed E-state index contributed by atoms with van der Waals surface area (Å²) in [7, 11) is 3.15. The Kier molecular flexibility index (Phi) is 9.97. The number of halogens is 3. The quantitative estimate of drug-likeness (QED) is 0.359. The van der Waals surface area contributed by atoms with Crippen molar-refractivity contribution in [1.29, 1.82) is 0 Å². The summed E-state index contributed by atoms with van der Waals surface area (Å²) in [4.78, 5) is 43.8. The molecule has 0 unspecified atom stereocenters. The molecule has 0 radical (unpaired) electrons. The van der Waals surface area contributed by atoms with Crippen LogP contribution < -0.4 is 19.7 Å². The van der Waals surface area contributed by atoms with Gasteiger partial charge in [0.25, 0.3) is 0 Å². The number of imide groups is 1. The molecule has 50 heavy (non-hydrogen) atoms. The van der Waals surface area contributed by atoms with Gasteiger partial charge >= 0.3 is 18.2 Å². The van der Waals surface area contributed by atoms with E-state index >= 15 is 0 Å². The number of carbonyl (C=O) groups excluding carboxylic acids is 2. The highest BCUT2D eigenvalue weighted by Gasteiger charge is 2.51. The Morgan fingerprint density at radius 3 is 2.42 bits per heavy atom. The lowest BCUT2D eigenvalue weighted by molar-refractivity contribution is -0.192. The van der Waals surface area contributed by atoms with Crippen molar-refractivity contribution in [2.45, 2.75) is 57.5 Å². The number of carboxylic acids is 1. The number of ether oxygens (including phenoxy) is 2. The highest BCUT2D eigenvalue weighted by molar-refractivity contribution is 6.07. The van der Waals surface area contributed by atoms with Crippen LogP contribution in [-0.2, 0) is 22.7 Å². The molecule has 2 N–H and O–H groups in total. The number of nitrogens with one attached hydrogen (secondary N) is 1. The first-order valence-corrected chi connectivity index (χ1v) is 16.6. The monoisotopic (exact) mass is 701 g/mol. The molecule has 4 fully saturated rings. The fourth-order valence-electron chi connectivity index (χ4n) is 7.47. The molecular formula is C34H42F3N7O6. The Morgan fingerprint density at radius 1 is 1.06 bits per heavy atom. The number of anilines is 1. The van der Waals surface area contributed by atoms with E-state index in [1.807, 2.05) is 16.8 Å². The number of piperazine rings is 1. The van der Waals surface area contributed by atoms with Crippen LogP contribution >= 0.6 is 0 Å². The number of rotatable bonds is 8. The number of alkyl halides is 3. The zero-order chi connectivity index (χ0) is 35.8. The maximum Gasteiger partial charge on any atom is 0.490 e. The molecule has 7 rings (SSSR count). The number of urea groups is 1. The molecule has 3 aliphatic heterocycles. The Morgan fingerprint density at radius 2 is 1.80 bits per heavy atom. The molecule has 1 atom stereocenters. The van der Waals surface area contributed by atoms with Crippen molar-refractivity contribution < 1.29 is 42.1 Å². The number of pyridine rings is 1. The minimum Gasteiger partial charge on any atom is -0.497 e. The summed E-state index contributed by atoms with van der Waals surface area (Å²) in [5.74, 6) is -1.74. The predicted molar refractivity (Wildman–Crippen MR) is 176 cm³/mol. The molecule has 1 aliphatic carbocycles. The average molecular weight is 702 g/mol. The molecule has 0 bridgehead atoms. The molecule has 4 aliphatic rings. The molecule has 1 aromatic carbocycles. The maximum absolute atomic E-state index is 13.7. The van der Waals surface area contributed by atoms with Gasteiger partial charge < -0.3 is 19.9 Å². The first kappa shape index (κ1) is 35.4. The second-order valence-corrected chi connectivity index (χ2v) is 13.5. The summed E-state index contributed by atoms with van der Waals surface area (Å²) in [6.45, 7) is 9.28. The van der Waals surface area contributed by atoms with Gasteiger partial charge in [-0.1, -0.05) is 0 Å². The molecule has 1 spiro atoms. The molecule has 16 heteroatoms. The summed E-state index contributed by atoms with van der Waals surface area (Å²) >= 11 is 0. The second-order valence-electron chi connectivity index (χ2n) is 13.5.